The molecule has 0 amide bonds. The molecule has 3 aliphatic rings. The summed E-state index contributed by atoms with van der Waals surface area (Å²) in [4.78, 5) is 2.38. The van der Waals surface area contributed by atoms with Gasteiger partial charge in [-0.1, -0.05) is 31.2 Å². The Morgan fingerprint density at radius 3 is 2.90 bits per heavy atom. The van der Waals surface area contributed by atoms with Gasteiger partial charge in [-0.2, -0.15) is 0 Å². The Kier molecular flexibility index (Phi) is 2.75. The van der Waals surface area contributed by atoms with Crippen molar-refractivity contribution in [1.82, 2.24) is 4.90 Å². The number of rotatable bonds is 1. The van der Waals surface area contributed by atoms with Crippen LogP contribution in [-0.4, -0.2) is 19.1 Å². The van der Waals surface area contributed by atoms with Gasteiger partial charge in [-0.3, -0.25) is 0 Å². The summed E-state index contributed by atoms with van der Waals surface area (Å²) in [5.41, 5.74) is 5.79. The first kappa shape index (κ1) is 12.8. The lowest BCUT2D eigenvalue weighted by atomic mass is 9.81. The number of hydrogen-bond donors (Lipinski definition) is 0. The molecule has 0 spiro atoms. The van der Waals surface area contributed by atoms with E-state index in [4.69, 9.17) is 4.74 Å². The van der Waals surface area contributed by atoms with Gasteiger partial charge in [-0.05, 0) is 46.7 Å². The van der Waals surface area contributed by atoms with Gasteiger partial charge in [0.2, 0.25) is 0 Å². The van der Waals surface area contributed by atoms with Crippen LogP contribution in [0.4, 0.5) is 0 Å². The predicted molar refractivity (Wildman–Crippen MR) is 85.3 cm³/mol. The number of allylic oxidation sites excluding steroid dienone is 5. The van der Waals surface area contributed by atoms with Gasteiger partial charge < -0.3 is 9.64 Å². The second-order valence-electron chi connectivity index (χ2n) is 6.32. The van der Waals surface area contributed by atoms with Gasteiger partial charge in [0, 0.05) is 19.2 Å². The predicted octanol–water partition coefficient (Wildman–Crippen LogP) is 4.19. The van der Waals surface area contributed by atoms with Crippen molar-refractivity contribution in [3.63, 3.8) is 0 Å². The molecule has 0 saturated heterocycles. The van der Waals surface area contributed by atoms with Crippen LogP contribution in [0.25, 0.3) is 0 Å². The van der Waals surface area contributed by atoms with Gasteiger partial charge in [0.25, 0.3) is 0 Å². The van der Waals surface area contributed by atoms with E-state index in [0.717, 1.165) is 12.2 Å². The molecule has 2 aliphatic carbocycles. The summed E-state index contributed by atoms with van der Waals surface area (Å²) < 4.78 is 5.44. The molecule has 1 aromatic rings. The quantitative estimate of drug-likeness (QED) is 0.764. The van der Waals surface area contributed by atoms with E-state index in [-0.39, 0.29) is 0 Å². The molecule has 0 aromatic heterocycles. The molecular weight excluding hydrogens is 258 g/mol. The third-order valence-electron chi connectivity index (χ3n) is 5.19. The highest BCUT2D eigenvalue weighted by Crippen LogP contribution is 2.55. The molecule has 0 radical (unpaired) electrons. The maximum atomic E-state index is 5.44. The van der Waals surface area contributed by atoms with Crippen LogP contribution in [0, 0.1) is 5.92 Å². The Labute approximate surface area is 126 Å². The third kappa shape index (κ3) is 1.71. The average Bonchev–Trinajstić information content (AvgIpc) is 2.72. The van der Waals surface area contributed by atoms with Crippen LogP contribution in [0.1, 0.15) is 36.4 Å². The summed E-state index contributed by atoms with van der Waals surface area (Å²) >= 11 is 0. The molecule has 1 aliphatic heterocycles. The number of methoxy groups -OCH3 is 1. The molecule has 3 atom stereocenters. The molecule has 2 bridgehead atoms. The molecular formula is C19H21NO. The van der Waals surface area contributed by atoms with Crippen LogP contribution in [0.3, 0.4) is 0 Å². The summed E-state index contributed by atoms with van der Waals surface area (Å²) in [7, 11) is 3.94. The van der Waals surface area contributed by atoms with Gasteiger partial charge in [0.1, 0.15) is 5.75 Å². The number of ether oxygens (including phenoxy) is 1. The van der Waals surface area contributed by atoms with Crippen molar-refractivity contribution in [3.05, 3.63) is 64.9 Å². The fourth-order valence-corrected chi connectivity index (χ4v) is 4.34. The fourth-order valence-electron chi connectivity index (χ4n) is 4.34. The standard InChI is InChI=1S/C19H21NO/c1-12-18-15-7-5-4-6-13(15)11-20(2)19(12)17-10-14(21-3)8-9-16(17)18/h4,6-12,18-19H,5H2,1-3H3. The zero-order chi connectivity index (χ0) is 14.6. The normalized spacial score (nSPS) is 29.3. The Balaban J connectivity index is 1.93. The Hall–Kier alpha value is -1.96. The molecule has 3 unspecified atom stereocenters. The minimum absolute atomic E-state index is 0.437. The smallest absolute Gasteiger partial charge is 0.119 e. The van der Waals surface area contributed by atoms with Gasteiger partial charge in [0.15, 0.2) is 0 Å². The fraction of sp³-hybridized carbons (Fsp3) is 0.368. The molecule has 2 heteroatoms. The van der Waals surface area contributed by atoms with Gasteiger partial charge in [0.05, 0.1) is 13.2 Å². The Morgan fingerprint density at radius 2 is 2.10 bits per heavy atom. The molecule has 0 fully saturated rings. The van der Waals surface area contributed by atoms with Gasteiger partial charge in [-0.15, -0.1) is 0 Å². The lowest BCUT2D eigenvalue weighted by molar-refractivity contribution is 0.264. The molecule has 0 saturated carbocycles. The molecule has 4 rings (SSSR count). The van der Waals surface area contributed by atoms with Gasteiger partial charge in [-0.25, -0.2) is 0 Å². The Bertz CT molecular complexity index is 683. The molecule has 0 N–H and O–H groups in total. The highest BCUT2D eigenvalue weighted by Gasteiger charge is 2.43. The number of benzene rings is 1. The number of hydrogen-bond acceptors (Lipinski definition) is 2. The van der Waals surface area contributed by atoms with Crippen LogP contribution < -0.4 is 4.74 Å². The first-order valence-electron chi connectivity index (χ1n) is 7.69. The van der Waals surface area contributed by atoms with E-state index in [1.165, 1.54) is 22.3 Å². The number of fused-ring (bicyclic) bond motifs is 7. The summed E-state index contributed by atoms with van der Waals surface area (Å²) in [6.45, 7) is 2.38. The minimum Gasteiger partial charge on any atom is -0.497 e. The first-order chi connectivity index (χ1) is 10.2. The maximum absolute atomic E-state index is 5.44. The second kappa shape index (κ2) is 4.52. The van der Waals surface area contributed by atoms with E-state index in [9.17, 15) is 0 Å². The van der Waals surface area contributed by atoms with Crippen molar-refractivity contribution in [2.75, 3.05) is 14.2 Å². The van der Waals surface area contributed by atoms with Crippen LogP contribution in [0.15, 0.2) is 53.8 Å². The highest BCUT2D eigenvalue weighted by molar-refractivity contribution is 5.57. The van der Waals surface area contributed by atoms with Crippen molar-refractivity contribution >= 4 is 0 Å². The van der Waals surface area contributed by atoms with Crippen molar-refractivity contribution in [2.24, 2.45) is 5.92 Å². The first-order valence-corrected chi connectivity index (χ1v) is 7.69. The van der Waals surface area contributed by atoms with Crippen LogP contribution in [-0.2, 0) is 0 Å². The number of nitrogens with zero attached hydrogens (tertiary/aromatic N) is 1. The SMILES string of the molecule is COc1ccc2c(c1)C1C(C)C2C2=CCC=CC2=CN1C. The van der Waals surface area contributed by atoms with Crippen LogP contribution in [0.5, 0.6) is 5.75 Å². The van der Waals surface area contributed by atoms with Crippen molar-refractivity contribution < 1.29 is 4.74 Å². The molecule has 2 nitrogen and oxygen atoms in total. The lowest BCUT2D eigenvalue weighted by Crippen LogP contribution is -2.21. The van der Waals surface area contributed by atoms with E-state index in [1.807, 2.05) is 0 Å². The highest BCUT2D eigenvalue weighted by atomic mass is 16.5. The van der Waals surface area contributed by atoms with Gasteiger partial charge >= 0.3 is 0 Å². The largest absolute Gasteiger partial charge is 0.497 e. The molecule has 108 valence electrons. The average molecular weight is 279 g/mol. The van der Waals surface area contributed by atoms with E-state index in [2.05, 4.69) is 61.5 Å². The van der Waals surface area contributed by atoms with Crippen molar-refractivity contribution in [2.45, 2.75) is 25.3 Å². The molecule has 1 aromatic carbocycles. The monoisotopic (exact) mass is 279 g/mol. The van der Waals surface area contributed by atoms with E-state index in [0.29, 0.717) is 17.9 Å². The molecule has 1 heterocycles. The van der Waals surface area contributed by atoms with Crippen molar-refractivity contribution in [3.8, 4) is 5.75 Å². The summed E-state index contributed by atoms with van der Waals surface area (Å²) in [6, 6.07) is 7.04. The van der Waals surface area contributed by atoms with E-state index >= 15 is 0 Å². The topological polar surface area (TPSA) is 12.5 Å². The lowest BCUT2D eigenvalue weighted by Gasteiger charge is -2.27. The third-order valence-corrected chi connectivity index (χ3v) is 5.19. The zero-order valence-electron chi connectivity index (χ0n) is 12.8. The van der Waals surface area contributed by atoms with Crippen LogP contribution in [0.2, 0.25) is 0 Å². The van der Waals surface area contributed by atoms with E-state index < -0.39 is 0 Å². The molecule has 21 heavy (non-hydrogen) atoms. The maximum Gasteiger partial charge on any atom is 0.119 e. The second-order valence-corrected chi connectivity index (χ2v) is 6.32. The summed E-state index contributed by atoms with van der Waals surface area (Å²) in [5, 5.41) is 0. The van der Waals surface area contributed by atoms with Crippen LogP contribution >= 0.6 is 0 Å². The minimum atomic E-state index is 0.437. The Morgan fingerprint density at radius 1 is 1.24 bits per heavy atom. The zero-order valence-corrected chi connectivity index (χ0v) is 12.8. The van der Waals surface area contributed by atoms with E-state index in [1.54, 1.807) is 7.11 Å². The summed E-state index contributed by atoms with van der Waals surface area (Å²) in [5.74, 6) is 2.06. The van der Waals surface area contributed by atoms with Crippen molar-refractivity contribution in [1.29, 1.82) is 0 Å². The summed E-state index contributed by atoms with van der Waals surface area (Å²) in [6.07, 6.45) is 10.3.